The standard InChI is InChI=1S/C27H55N3O10P2/c1-2-3-4-5-6-7-8-9-10-11-12-13-14-15-19-37-20-16-21-39-42(35,36)40-41(33,34)24-38-25(23-31)22-30-18-17-26(28)29-27(30)32/h25,31H,2-24H2,1H3,(H,33,34)(H,35,36)(H2,28,29,32)/t25-/m0/s1. The molecule has 0 bridgehead atoms. The van der Waals surface area contributed by atoms with Crippen LogP contribution in [0.15, 0.2) is 4.99 Å². The number of carbonyl (C=O) groups is 1. The number of ether oxygens (including phenoxy) is 2. The summed E-state index contributed by atoms with van der Waals surface area (Å²) < 4.78 is 44.2. The summed E-state index contributed by atoms with van der Waals surface area (Å²) in [4.78, 5) is 36.4. The average molecular weight is 644 g/mol. The fourth-order valence-corrected chi connectivity index (χ4v) is 6.85. The summed E-state index contributed by atoms with van der Waals surface area (Å²) in [7, 11) is -9.54. The van der Waals surface area contributed by atoms with Crippen LogP contribution in [0.4, 0.5) is 4.79 Å². The molecule has 13 nitrogen and oxygen atoms in total. The summed E-state index contributed by atoms with van der Waals surface area (Å²) in [6.45, 7) is 2.54. The Kier molecular flexibility index (Phi) is 21.9. The van der Waals surface area contributed by atoms with Gasteiger partial charge in [-0.05, 0) is 12.8 Å². The molecular weight excluding hydrogens is 588 g/mol. The number of phosphoric acid groups is 1. The number of hydrogen-bond acceptors (Lipinski definition) is 9. The first-order chi connectivity index (χ1) is 20.1. The molecule has 2 unspecified atom stereocenters. The number of aliphatic hydroxyl groups is 1. The van der Waals surface area contributed by atoms with E-state index in [9.17, 15) is 28.8 Å². The highest BCUT2D eigenvalue weighted by Gasteiger charge is 2.35. The topological polar surface area (TPSA) is 190 Å². The van der Waals surface area contributed by atoms with E-state index in [1.807, 2.05) is 0 Å². The minimum atomic E-state index is -4.83. The molecule has 42 heavy (non-hydrogen) atoms. The number of aliphatic imine (C=N–C) groups is 1. The SMILES string of the molecule is CCCCCCCCCCCCCCCCOCCCOP(=O)(O)OP(=O)(O)CO[C@H](CO)CN1CCC(N)=NC1=O. The van der Waals surface area contributed by atoms with Gasteiger partial charge in [-0.1, -0.05) is 90.4 Å². The molecule has 0 spiro atoms. The lowest BCUT2D eigenvalue weighted by Crippen LogP contribution is -2.43. The zero-order chi connectivity index (χ0) is 31.1. The van der Waals surface area contributed by atoms with Crippen LogP contribution in [0.25, 0.3) is 0 Å². The molecule has 0 aromatic rings. The second kappa shape index (κ2) is 23.5. The number of amides is 2. The predicted octanol–water partition coefficient (Wildman–Crippen LogP) is 5.71. The van der Waals surface area contributed by atoms with Crippen LogP contribution in [0.2, 0.25) is 0 Å². The highest BCUT2D eigenvalue weighted by molar-refractivity contribution is 7.63. The number of phosphoric ester groups is 1. The first-order valence-electron chi connectivity index (χ1n) is 15.5. The predicted molar refractivity (Wildman–Crippen MR) is 162 cm³/mol. The van der Waals surface area contributed by atoms with E-state index in [2.05, 4.69) is 16.2 Å². The second-order valence-corrected chi connectivity index (χ2v) is 14.1. The molecule has 1 aliphatic rings. The number of carbonyl (C=O) groups excluding carboxylic acids is 1. The van der Waals surface area contributed by atoms with Gasteiger partial charge in [0.15, 0.2) is 0 Å². The number of hydrogen-bond donors (Lipinski definition) is 4. The second-order valence-electron chi connectivity index (χ2n) is 10.8. The van der Waals surface area contributed by atoms with E-state index >= 15 is 0 Å². The average Bonchev–Trinajstić information content (AvgIpc) is 2.92. The molecule has 1 heterocycles. The molecule has 0 saturated carbocycles. The fourth-order valence-electron chi connectivity index (χ4n) is 4.42. The van der Waals surface area contributed by atoms with Crippen LogP contribution in [-0.2, 0) is 27.4 Å². The van der Waals surface area contributed by atoms with E-state index in [0.29, 0.717) is 26.1 Å². The van der Waals surface area contributed by atoms with Crippen molar-refractivity contribution in [2.24, 2.45) is 10.7 Å². The van der Waals surface area contributed by atoms with Gasteiger partial charge in [0.05, 0.1) is 25.9 Å². The van der Waals surface area contributed by atoms with Crippen molar-refractivity contribution in [1.82, 2.24) is 4.90 Å². The number of unbranched alkanes of at least 4 members (excludes halogenated alkanes) is 13. The molecule has 2 amide bonds. The molecule has 0 aliphatic carbocycles. The van der Waals surface area contributed by atoms with Crippen LogP contribution >= 0.6 is 15.4 Å². The molecule has 5 N–H and O–H groups in total. The lowest BCUT2D eigenvalue weighted by Gasteiger charge is -2.28. The van der Waals surface area contributed by atoms with Gasteiger partial charge in [-0.2, -0.15) is 4.99 Å². The van der Waals surface area contributed by atoms with Gasteiger partial charge in [0.1, 0.15) is 12.2 Å². The van der Waals surface area contributed by atoms with Gasteiger partial charge in [0, 0.05) is 26.2 Å². The Morgan fingerprint density at radius 2 is 1.43 bits per heavy atom. The number of urea groups is 1. The number of aliphatic hydroxyl groups excluding tert-OH is 1. The van der Waals surface area contributed by atoms with Crippen molar-refractivity contribution in [3.63, 3.8) is 0 Å². The van der Waals surface area contributed by atoms with Crippen LogP contribution < -0.4 is 5.73 Å². The third kappa shape index (κ3) is 20.9. The first kappa shape index (κ1) is 39.1. The molecule has 1 rings (SSSR count). The molecule has 0 aromatic carbocycles. The molecule has 0 saturated heterocycles. The Hall–Kier alpha value is -0.880. The molecule has 0 aromatic heterocycles. The van der Waals surface area contributed by atoms with Crippen molar-refractivity contribution in [3.05, 3.63) is 0 Å². The number of amidine groups is 1. The minimum absolute atomic E-state index is 0.112. The monoisotopic (exact) mass is 643 g/mol. The van der Waals surface area contributed by atoms with Crippen molar-refractivity contribution in [3.8, 4) is 0 Å². The Bertz CT molecular complexity index is 849. The Balaban J connectivity index is 2.03. The lowest BCUT2D eigenvalue weighted by atomic mass is 10.0. The van der Waals surface area contributed by atoms with E-state index in [1.165, 1.54) is 81.9 Å². The van der Waals surface area contributed by atoms with E-state index in [-0.39, 0.29) is 25.5 Å². The molecule has 0 fully saturated rings. The normalized spacial score (nSPS) is 17.6. The van der Waals surface area contributed by atoms with E-state index in [1.54, 1.807) is 0 Å². The Labute approximate surface area is 251 Å². The quantitative estimate of drug-likeness (QED) is 0.0603. The van der Waals surface area contributed by atoms with E-state index in [4.69, 9.17) is 19.7 Å². The van der Waals surface area contributed by atoms with E-state index < -0.39 is 40.5 Å². The number of nitrogens with two attached hydrogens (primary N) is 1. The van der Waals surface area contributed by atoms with Crippen molar-refractivity contribution in [2.75, 3.05) is 45.9 Å². The third-order valence-corrected chi connectivity index (χ3v) is 9.64. The summed E-state index contributed by atoms with van der Waals surface area (Å²) in [5, 5.41) is 9.47. The van der Waals surface area contributed by atoms with Crippen molar-refractivity contribution in [2.45, 2.75) is 116 Å². The van der Waals surface area contributed by atoms with Crippen molar-refractivity contribution < 1.29 is 47.1 Å². The minimum Gasteiger partial charge on any atom is -0.394 e. The van der Waals surface area contributed by atoms with Crippen molar-refractivity contribution >= 4 is 27.3 Å². The highest BCUT2D eigenvalue weighted by Crippen LogP contribution is 2.59. The van der Waals surface area contributed by atoms with Crippen LogP contribution in [0, 0.1) is 0 Å². The molecule has 15 heteroatoms. The number of rotatable bonds is 28. The van der Waals surface area contributed by atoms with Gasteiger partial charge < -0.3 is 35.0 Å². The maximum Gasteiger partial charge on any atom is 0.479 e. The zero-order valence-electron chi connectivity index (χ0n) is 25.4. The highest BCUT2D eigenvalue weighted by atomic mass is 31.3. The first-order valence-corrected chi connectivity index (χ1v) is 18.8. The molecule has 248 valence electrons. The van der Waals surface area contributed by atoms with E-state index in [0.717, 1.165) is 12.8 Å². The fraction of sp³-hybridized carbons (Fsp3) is 0.926. The summed E-state index contributed by atoms with van der Waals surface area (Å²) in [5.41, 5.74) is 5.50. The molecular formula is C27H55N3O10P2. The Morgan fingerprint density at radius 3 is 1.98 bits per heavy atom. The maximum absolute atomic E-state index is 12.2. The Morgan fingerprint density at radius 1 is 0.881 bits per heavy atom. The van der Waals surface area contributed by atoms with Crippen molar-refractivity contribution in [1.29, 1.82) is 0 Å². The van der Waals surface area contributed by atoms with Crippen LogP contribution in [0.1, 0.15) is 110 Å². The zero-order valence-corrected chi connectivity index (χ0v) is 27.2. The molecule has 1 aliphatic heterocycles. The largest absolute Gasteiger partial charge is 0.479 e. The lowest BCUT2D eigenvalue weighted by molar-refractivity contribution is 0.0139. The van der Waals surface area contributed by atoms with Crippen LogP contribution in [0.3, 0.4) is 0 Å². The third-order valence-electron chi connectivity index (χ3n) is 6.81. The van der Waals surface area contributed by atoms with Crippen LogP contribution in [0.5, 0.6) is 0 Å². The summed E-state index contributed by atoms with van der Waals surface area (Å²) >= 11 is 0. The molecule has 3 atom stereocenters. The van der Waals surface area contributed by atoms with Gasteiger partial charge in [0.2, 0.25) is 0 Å². The van der Waals surface area contributed by atoms with Gasteiger partial charge in [-0.3, -0.25) is 9.09 Å². The van der Waals surface area contributed by atoms with Gasteiger partial charge in [-0.15, -0.1) is 0 Å². The smallest absolute Gasteiger partial charge is 0.394 e. The van der Waals surface area contributed by atoms with Gasteiger partial charge >= 0.3 is 21.4 Å². The summed E-state index contributed by atoms with van der Waals surface area (Å²) in [6.07, 6.45) is 16.6. The van der Waals surface area contributed by atoms with Gasteiger partial charge in [0.25, 0.3) is 0 Å². The number of nitrogens with zero attached hydrogens (tertiary/aromatic N) is 2. The molecule has 0 radical (unpaired) electrons. The maximum atomic E-state index is 12.2. The van der Waals surface area contributed by atoms with Crippen LogP contribution in [-0.4, -0.2) is 83.6 Å². The summed E-state index contributed by atoms with van der Waals surface area (Å²) in [5.74, 6) is 0.196. The summed E-state index contributed by atoms with van der Waals surface area (Å²) in [6, 6.07) is -0.610. The van der Waals surface area contributed by atoms with Gasteiger partial charge in [-0.25, -0.2) is 13.7 Å².